The van der Waals surface area contributed by atoms with Crippen LogP contribution in [0.3, 0.4) is 0 Å². The predicted molar refractivity (Wildman–Crippen MR) is 84.6 cm³/mol. The van der Waals surface area contributed by atoms with Crippen LogP contribution in [0.5, 0.6) is 0 Å². The van der Waals surface area contributed by atoms with E-state index >= 15 is 0 Å². The Labute approximate surface area is 158 Å². The molecule has 0 heterocycles. The van der Waals surface area contributed by atoms with Crippen LogP contribution < -0.4 is 0 Å². The van der Waals surface area contributed by atoms with Crippen LogP contribution in [0.15, 0.2) is 0 Å². The number of ether oxygens (including phenoxy) is 2. The third-order valence-electron chi connectivity index (χ3n) is 5.75. The van der Waals surface area contributed by atoms with Crippen LogP contribution in [0.2, 0.25) is 0 Å². The molecule has 0 saturated heterocycles. The van der Waals surface area contributed by atoms with E-state index in [4.69, 9.17) is 19.7 Å². The van der Waals surface area contributed by atoms with Crippen LogP contribution in [0, 0.1) is 35.5 Å². The second-order valence-corrected chi connectivity index (χ2v) is 6.86. The van der Waals surface area contributed by atoms with Gasteiger partial charge < -0.3 is 40.1 Å². The SMILES string of the molecule is O=C(O)C1C(C(=O)O)C(C(=O)O)C2C(OCO)CCC(OCO)C2C1C(=O)O. The van der Waals surface area contributed by atoms with Gasteiger partial charge in [0, 0.05) is 11.8 Å². The zero-order chi connectivity index (χ0) is 21.2. The van der Waals surface area contributed by atoms with Crippen molar-refractivity contribution in [3.63, 3.8) is 0 Å². The highest BCUT2D eigenvalue weighted by Gasteiger charge is 2.65. The third-order valence-corrected chi connectivity index (χ3v) is 5.75. The molecule has 8 atom stereocenters. The molecule has 28 heavy (non-hydrogen) atoms. The van der Waals surface area contributed by atoms with Crippen molar-refractivity contribution >= 4 is 23.9 Å². The Morgan fingerprint density at radius 2 is 0.893 bits per heavy atom. The van der Waals surface area contributed by atoms with Gasteiger partial charge in [-0.3, -0.25) is 19.2 Å². The highest BCUT2D eigenvalue weighted by Crippen LogP contribution is 2.53. The number of aliphatic hydroxyl groups excluding tert-OH is 2. The zero-order valence-corrected chi connectivity index (χ0v) is 14.6. The molecule has 2 saturated carbocycles. The lowest BCUT2D eigenvalue weighted by molar-refractivity contribution is -0.220. The summed E-state index contributed by atoms with van der Waals surface area (Å²) >= 11 is 0. The predicted octanol–water partition coefficient (Wildman–Crippen LogP) is -1.50. The van der Waals surface area contributed by atoms with Crippen LogP contribution >= 0.6 is 0 Å². The van der Waals surface area contributed by atoms with Gasteiger partial charge in [-0.15, -0.1) is 0 Å². The second-order valence-electron chi connectivity index (χ2n) is 6.86. The lowest BCUT2D eigenvalue weighted by Crippen LogP contribution is -2.63. The second kappa shape index (κ2) is 8.82. The monoisotopic (exact) mass is 406 g/mol. The average Bonchev–Trinajstić information content (AvgIpc) is 2.61. The van der Waals surface area contributed by atoms with Gasteiger partial charge in [0.05, 0.1) is 35.9 Å². The minimum atomic E-state index is -2.03. The van der Waals surface area contributed by atoms with Crippen molar-refractivity contribution in [2.24, 2.45) is 35.5 Å². The third kappa shape index (κ3) is 3.81. The fourth-order valence-electron chi connectivity index (χ4n) is 4.91. The van der Waals surface area contributed by atoms with Crippen molar-refractivity contribution in [1.82, 2.24) is 0 Å². The lowest BCUT2D eigenvalue weighted by Gasteiger charge is -2.53. The molecule has 2 aliphatic carbocycles. The van der Waals surface area contributed by atoms with E-state index in [0.717, 1.165) is 0 Å². The maximum absolute atomic E-state index is 12.0. The molecule has 0 amide bonds. The number of aliphatic carboxylic acids is 4. The van der Waals surface area contributed by atoms with Crippen molar-refractivity contribution < 1.29 is 59.3 Å². The Hall–Kier alpha value is -2.28. The number of fused-ring (bicyclic) bond motifs is 1. The van der Waals surface area contributed by atoms with E-state index in [1.54, 1.807) is 0 Å². The van der Waals surface area contributed by atoms with E-state index in [9.17, 15) is 39.6 Å². The Bertz CT molecular complexity index is 579. The van der Waals surface area contributed by atoms with E-state index in [1.165, 1.54) is 0 Å². The van der Waals surface area contributed by atoms with Crippen LogP contribution in [0.4, 0.5) is 0 Å². The van der Waals surface area contributed by atoms with E-state index in [-0.39, 0.29) is 12.8 Å². The first-order valence-electron chi connectivity index (χ1n) is 8.53. The molecule has 0 bridgehead atoms. The Kier molecular flexibility index (Phi) is 6.93. The van der Waals surface area contributed by atoms with Gasteiger partial charge in [-0.2, -0.15) is 0 Å². The lowest BCUT2D eigenvalue weighted by atomic mass is 9.51. The number of carboxylic acid groups (broad SMARTS) is 4. The molecule has 8 unspecified atom stereocenters. The summed E-state index contributed by atoms with van der Waals surface area (Å²) in [5, 5.41) is 56.8. The molecule has 0 aromatic heterocycles. The van der Waals surface area contributed by atoms with Crippen LogP contribution in [-0.4, -0.2) is 80.3 Å². The summed E-state index contributed by atoms with van der Waals surface area (Å²) in [4.78, 5) is 47.6. The minimum absolute atomic E-state index is 0.104. The summed E-state index contributed by atoms with van der Waals surface area (Å²) in [6.45, 7) is -1.63. The summed E-state index contributed by atoms with van der Waals surface area (Å²) in [6, 6.07) is 0. The summed E-state index contributed by atoms with van der Waals surface area (Å²) in [5.41, 5.74) is 0. The number of carboxylic acids is 4. The van der Waals surface area contributed by atoms with Crippen molar-refractivity contribution in [3.05, 3.63) is 0 Å². The molecule has 2 aliphatic rings. The maximum atomic E-state index is 12.0. The average molecular weight is 406 g/mol. The van der Waals surface area contributed by atoms with Gasteiger partial charge in [0.25, 0.3) is 0 Å². The van der Waals surface area contributed by atoms with Crippen molar-refractivity contribution in [3.8, 4) is 0 Å². The van der Waals surface area contributed by atoms with Gasteiger partial charge in [-0.05, 0) is 12.8 Å². The largest absolute Gasteiger partial charge is 0.481 e. The molecule has 158 valence electrons. The molecule has 12 heteroatoms. The molecular weight excluding hydrogens is 384 g/mol. The Morgan fingerprint density at radius 1 is 0.607 bits per heavy atom. The van der Waals surface area contributed by atoms with E-state index in [1.807, 2.05) is 0 Å². The number of hydrogen-bond acceptors (Lipinski definition) is 8. The van der Waals surface area contributed by atoms with E-state index in [2.05, 4.69) is 0 Å². The molecule has 0 aliphatic heterocycles. The molecule has 12 nitrogen and oxygen atoms in total. The quantitative estimate of drug-likeness (QED) is 0.254. The smallest absolute Gasteiger partial charge is 0.308 e. The first kappa shape index (κ1) is 22.0. The zero-order valence-electron chi connectivity index (χ0n) is 14.6. The van der Waals surface area contributed by atoms with Crippen molar-refractivity contribution in [2.75, 3.05) is 13.6 Å². The number of hydrogen-bond donors (Lipinski definition) is 6. The molecule has 0 aromatic carbocycles. The van der Waals surface area contributed by atoms with E-state index in [0.29, 0.717) is 0 Å². The van der Waals surface area contributed by atoms with Gasteiger partial charge in [0.2, 0.25) is 0 Å². The molecular formula is C16H22O12. The maximum Gasteiger partial charge on any atom is 0.308 e. The van der Waals surface area contributed by atoms with Gasteiger partial charge in [0.1, 0.15) is 13.6 Å². The van der Waals surface area contributed by atoms with Gasteiger partial charge in [0.15, 0.2) is 0 Å². The van der Waals surface area contributed by atoms with Crippen LogP contribution in [0.1, 0.15) is 12.8 Å². The summed E-state index contributed by atoms with van der Waals surface area (Å²) < 4.78 is 10.3. The summed E-state index contributed by atoms with van der Waals surface area (Å²) in [7, 11) is 0. The first-order chi connectivity index (χ1) is 13.2. The van der Waals surface area contributed by atoms with Gasteiger partial charge in [-0.25, -0.2) is 0 Å². The molecule has 0 radical (unpaired) electrons. The first-order valence-corrected chi connectivity index (χ1v) is 8.53. The highest BCUT2D eigenvalue weighted by molar-refractivity contribution is 5.90. The summed E-state index contributed by atoms with van der Waals surface area (Å²) in [5.74, 6) is -16.9. The fraction of sp³-hybridized carbons (Fsp3) is 0.750. The molecule has 0 spiro atoms. The van der Waals surface area contributed by atoms with Gasteiger partial charge in [-0.1, -0.05) is 0 Å². The van der Waals surface area contributed by atoms with Gasteiger partial charge >= 0.3 is 23.9 Å². The number of aliphatic hydroxyl groups is 2. The Balaban J connectivity index is 2.70. The topological polar surface area (TPSA) is 208 Å². The number of rotatable bonds is 8. The summed E-state index contributed by atoms with van der Waals surface area (Å²) in [6.07, 6.45) is -1.83. The highest BCUT2D eigenvalue weighted by atomic mass is 16.6. The standard InChI is InChI=1S/C16H22O12/c17-3-27-5-1-2-6(28-4-18)8-7(5)9(13(19)20)11(15(23)24)12(16(25)26)10(8)14(21)22/h5-12,17-18H,1-4H2,(H,19,20)(H,21,22)(H,23,24)(H,25,26). The molecule has 2 rings (SSSR count). The van der Waals surface area contributed by atoms with E-state index < -0.39 is 85.2 Å². The fourth-order valence-corrected chi connectivity index (χ4v) is 4.91. The van der Waals surface area contributed by atoms with Crippen LogP contribution in [0.25, 0.3) is 0 Å². The van der Waals surface area contributed by atoms with Crippen molar-refractivity contribution in [2.45, 2.75) is 25.0 Å². The van der Waals surface area contributed by atoms with Crippen LogP contribution in [-0.2, 0) is 28.7 Å². The number of carbonyl (C=O) groups is 4. The molecule has 2 fully saturated rings. The normalized spacial score (nSPS) is 37.6. The Morgan fingerprint density at radius 3 is 1.11 bits per heavy atom. The minimum Gasteiger partial charge on any atom is -0.481 e. The molecule has 0 aromatic rings. The van der Waals surface area contributed by atoms with Crippen molar-refractivity contribution in [1.29, 1.82) is 0 Å². The molecule has 6 N–H and O–H groups in total.